The van der Waals surface area contributed by atoms with Crippen LogP contribution >= 0.6 is 11.6 Å². The maximum atomic E-state index is 12.0. The monoisotopic (exact) mass is 352 g/mol. The van der Waals surface area contributed by atoms with Gasteiger partial charge in [0.1, 0.15) is 0 Å². The molecule has 0 aliphatic carbocycles. The predicted octanol–water partition coefficient (Wildman–Crippen LogP) is 3.20. The van der Waals surface area contributed by atoms with Crippen LogP contribution in [0.15, 0.2) is 29.3 Å². The summed E-state index contributed by atoms with van der Waals surface area (Å²) < 4.78 is 0. The number of guanidine groups is 1. The van der Waals surface area contributed by atoms with E-state index in [4.69, 9.17) is 11.6 Å². The van der Waals surface area contributed by atoms with Crippen molar-refractivity contribution in [3.63, 3.8) is 0 Å². The fourth-order valence-corrected chi connectivity index (χ4v) is 2.52. The molecule has 1 aromatic carbocycles. The fourth-order valence-electron chi connectivity index (χ4n) is 2.30. The number of aliphatic imine (C=N–C) groups is 1. The Hall–Kier alpha value is -1.75. The van der Waals surface area contributed by atoms with E-state index in [0.717, 1.165) is 12.4 Å². The van der Waals surface area contributed by atoms with E-state index in [1.807, 2.05) is 0 Å². The van der Waals surface area contributed by atoms with Crippen LogP contribution in [0, 0.1) is 0 Å². The van der Waals surface area contributed by atoms with Gasteiger partial charge in [-0.2, -0.15) is 0 Å². The molecule has 3 N–H and O–H groups in total. The fraction of sp³-hybridized carbons (Fsp3) is 0.556. The zero-order chi connectivity index (χ0) is 17.8. The molecule has 5 nitrogen and oxygen atoms in total. The van der Waals surface area contributed by atoms with Gasteiger partial charge < -0.3 is 16.0 Å². The number of hydrogen-bond acceptors (Lipinski definition) is 2. The molecule has 0 aliphatic heterocycles. The van der Waals surface area contributed by atoms with Crippen molar-refractivity contribution in [2.75, 3.05) is 20.1 Å². The van der Waals surface area contributed by atoms with Gasteiger partial charge in [-0.15, -0.1) is 0 Å². The van der Waals surface area contributed by atoms with E-state index in [1.54, 1.807) is 31.3 Å². The molecule has 1 rings (SSSR count). The normalized spacial score (nSPS) is 12.6. The van der Waals surface area contributed by atoms with Gasteiger partial charge in [-0.3, -0.25) is 9.79 Å². The van der Waals surface area contributed by atoms with Gasteiger partial charge in [0.05, 0.1) is 10.6 Å². The largest absolute Gasteiger partial charge is 0.355 e. The molecule has 0 saturated heterocycles. The third-order valence-corrected chi connectivity index (χ3v) is 4.00. The zero-order valence-electron chi connectivity index (χ0n) is 14.9. The van der Waals surface area contributed by atoms with Crippen molar-refractivity contribution in [2.45, 2.75) is 45.6 Å². The minimum atomic E-state index is -0.168. The molecule has 0 spiro atoms. The van der Waals surface area contributed by atoms with Crippen molar-refractivity contribution in [3.8, 4) is 0 Å². The highest BCUT2D eigenvalue weighted by molar-refractivity contribution is 6.33. The van der Waals surface area contributed by atoms with E-state index in [9.17, 15) is 4.79 Å². The number of nitrogens with one attached hydrogen (secondary N) is 3. The Morgan fingerprint density at radius 1 is 1.21 bits per heavy atom. The van der Waals surface area contributed by atoms with Crippen molar-refractivity contribution >= 4 is 23.5 Å². The number of rotatable bonds is 9. The van der Waals surface area contributed by atoms with Gasteiger partial charge in [0.2, 0.25) is 0 Å². The Labute approximate surface area is 150 Å². The highest BCUT2D eigenvalue weighted by Crippen LogP contribution is 2.14. The second-order valence-corrected chi connectivity index (χ2v) is 6.18. The van der Waals surface area contributed by atoms with Crippen molar-refractivity contribution in [3.05, 3.63) is 34.9 Å². The van der Waals surface area contributed by atoms with Crippen LogP contribution in [0.1, 0.15) is 49.9 Å². The number of carbonyl (C=O) groups excluding carboxylic acids is 1. The maximum absolute atomic E-state index is 12.0. The Kier molecular flexibility index (Phi) is 9.92. The zero-order valence-corrected chi connectivity index (χ0v) is 15.6. The third-order valence-electron chi connectivity index (χ3n) is 3.67. The molecule has 24 heavy (non-hydrogen) atoms. The number of benzene rings is 1. The molecule has 1 aromatic rings. The van der Waals surface area contributed by atoms with E-state index in [-0.39, 0.29) is 5.91 Å². The van der Waals surface area contributed by atoms with Gasteiger partial charge in [-0.1, -0.05) is 49.9 Å². The summed E-state index contributed by atoms with van der Waals surface area (Å²) in [5.41, 5.74) is 0.492. The van der Waals surface area contributed by atoms with Crippen molar-refractivity contribution in [2.24, 2.45) is 4.99 Å². The number of nitrogens with zero attached hydrogens (tertiary/aromatic N) is 1. The molecule has 1 atom stereocenters. The average molecular weight is 353 g/mol. The van der Waals surface area contributed by atoms with Crippen LogP contribution in [0.5, 0.6) is 0 Å². The molecule has 134 valence electrons. The molecule has 1 unspecified atom stereocenters. The average Bonchev–Trinajstić information content (AvgIpc) is 2.58. The minimum Gasteiger partial charge on any atom is -0.355 e. The van der Waals surface area contributed by atoms with Crippen LogP contribution in [0.4, 0.5) is 0 Å². The van der Waals surface area contributed by atoms with Crippen molar-refractivity contribution in [1.82, 2.24) is 16.0 Å². The molecule has 0 aromatic heterocycles. The lowest BCUT2D eigenvalue weighted by atomic mass is 10.1. The summed E-state index contributed by atoms with van der Waals surface area (Å²) in [6.07, 6.45) is 4.82. The van der Waals surface area contributed by atoms with Crippen LogP contribution in [0.2, 0.25) is 5.02 Å². The molecule has 0 saturated carbocycles. The summed E-state index contributed by atoms with van der Waals surface area (Å²) in [5, 5.41) is 9.87. The number of hydrogen-bond donors (Lipinski definition) is 3. The summed E-state index contributed by atoms with van der Waals surface area (Å²) in [7, 11) is 1.75. The molecule has 0 aliphatic rings. The number of halogens is 1. The second-order valence-electron chi connectivity index (χ2n) is 5.78. The van der Waals surface area contributed by atoms with Crippen LogP contribution in [0.25, 0.3) is 0 Å². The van der Waals surface area contributed by atoms with Gasteiger partial charge in [0, 0.05) is 26.2 Å². The number of amides is 1. The Balaban J connectivity index is 2.27. The smallest absolute Gasteiger partial charge is 0.252 e. The molecular formula is C18H29ClN4O. The highest BCUT2D eigenvalue weighted by atomic mass is 35.5. The molecule has 6 heteroatoms. The summed E-state index contributed by atoms with van der Waals surface area (Å²) in [6.45, 7) is 5.45. The lowest BCUT2D eigenvalue weighted by molar-refractivity contribution is 0.0954. The van der Waals surface area contributed by atoms with Crippen LogP contribution in [0.3, 0.4) is 0 Å². The van der Waals surface area contributed by atoms with E-state index in [2.05, 4.69) is 34.8 Å². The first-order valence-corrected chi connectivity index (χ1v) is 8.96. The van der Waals surface area contributed by atoms with Gasteiger partial charge in [0.25, 0.3) is 5.91 Å². The molecule has 0 radical (unpaired) electrons. The van der Waals surface area contributed by atoms with Gasteiger partial charge in [-0.05, 0) is 25.5 Å². The number of unbranched alkanes of at least 4 members (excludes halogenated alkanes) is 2. The molecule has 0 bridgehead atoms. The predicted molar refractivity (Wildman–Crippen MR) is 102 cm³/mol. The lowest BCUT2D eigenvalue weighted by Crippen LogP contribution is -2.44. The first-order valence-electron chi connectivity index (χ1n) is 8.58. The molecule has 0 heterocycles. The van der Waals surface area contributed by atoms with Crippen molar-refractivity contribution < 1.29 is 4.79 Å². The first kappa shape index (κ1) is 20.3. The maximum Gasteiger partial charge on any atom is 0.252 e. The summed E-state index contributed by atoms with van der Waals surface area (Å²) >= 11 is 6.01. The second kappa shape index (κ2) is 11.7. The van der Waals surface area contributed by atoms with Gasteiger partial charge in [0.15, 0.2) is 5.96 Å². The standard InChI is InChI=1S/C18H29ClN4O/c1-4-5-6-9-14(2)23-18(20-3)22-13-12-21-17(24)15-10-7-8-11-16(15)19/h7-8,10-11,14H,4-6,9,12-13H2,1-3H3,(H,21,24)(H2,20,22,23). The number of carbonyl (C=O) groups is 1. The van der Waals surface area contributed by atoms with E-state index in [1.165, 1.54) is 19.3 Å². The Morgan fingerprint density at radius 2 is 1.92 bits per heavy atom. The quantitative estimate of drug-likeness (QED) is 0.363. The summed E-state index contributed by atoms with van der Waals surface area (Å²) in [4.78, 5) is 16.2. The Morgan fingerprint density at radius 3 is 2.58 bits per heavy atom. The summed E-state index contributed by atoms with van der Waals surface area (Å²) in [6, 6.07) is 7.40. The topological polar surface area (TPSA) is 65.5 Å². The lowest BCUT2D eigenvalue weighted by Gasteiger charge is -2.18. The minimum absolute atomic E-state index is 0.168. The van der Waals surface area contributed by atoms with E-state index < -0.39 is 0 Å². The van der Waals surface area contributed by atoms with Crippen LogP contribution in [-0.4, -0.2) is 38.0 Å². The third kappa shape index (κ3) is 7.68. The van der Waals surface area contributed by atoms with Crippen molar-refractivity contribution in [1.29, 1.82) is 0 Å². The molecule has 0 fully saturated rings. The van der Waals surface area contributed by atoms with Crippen LogP contribution < -0.4 is 16.0 Å². The SMILES string of the molecule is CCCCCC(C)NC(=NC)NCCNC(=O)c1ccccc1Cl. The molecular weight excluding hydrogens is 324 g/mol. The Bertz CT molecular complexity index is 534. The highest BCUT2D eigenvalue weighted by Gasteiger charge is 2.09. The van der Waals surface area contributed by atoms with Crippen LogP contribution in [-0.2, 0) is 0 Å². The van der Waals surface area contributed by atoms with Gasteiger partial charge >= 0.3 is 0 Å². The summed E-state index contributed by atoms with van der Waals surface area (Å²) in [5.74, 6) is 0.587. The van der Waals surface area contributed by atoms with Gasteiger partial charge in [-0.25, -0.2) is 0 Å². The van der Waals surface area contributed by atoms with E-state index >= 15 is 0 Å². The van der Waals surface area contributed by atoms with E-state index in [0.29, 0.717) is 29.7 Å². The first-order chi connectivity index (χ1) is 11.6. The molecule has 1 amide bonds.